The third kappa shape index (κ3) is 5.89. The van der Waals surface area contributed by atoms with Gasteiger partial charge in [-0.3, -0.25) is 4.79 Å². The van der Waals surface area contributed by atoms with E-state index in [4.69, 9.17) is 0 Å². The topological polar surface area (TPSA) is 79.2 Å². The lowest BCUT2D eigenvalue weighted by Gasteiger charge is -2.36. The highest BCUT2D eigenvalue weighted by Crippen LogP contribution is 2.46. The van der Waals surface area contributed by atoms with Crippen LogP contribution in [-0.2, 0) is 17.8 Å². The molecule has 38 heavy (non-hydrogen) atoms. The van der Waals surface area contributed by atoms with Gasteiger partial charge < -0.3 is 19.7 Å². The second-order valence-electron chi connectivity index (χ2n) is 10.2. The first-order chi connectivity index (χ1) is 18.0. The van der Waals surface area contributed by atoms with Gasteiger partial charge in [0, 0.05) is 44.7 Å². The maximum Gasteiger partial charge on any atom is 0.396 e. The first kappa shape index (κ1) is 26.7. The molecule has 2 aromatic heterocycles. The maximum absolute atomic E-state index is 13.8. The molecule has 0 spiro atoms. The number of carbonyl (C=O) groups is 1. The predicted octanol–water partition coefficient (Wildman–Crippen LogP) is 4.25. The summed E-state index contributed by atoms with van der Waals surface area (Å²) in [7, 11) is 0. The van der Waals surface area contributed by atoms with Gasteiger partial charge in [0.25, 0.3) is 0 Å². The molecule has 1 unspecified atom stereocenters. The number of halogens is 6. The van der Waals surface area contributed by atoms with Crippen molar-refractivity contribution in [2.24, 2.45) is 0 Å². The first-order valence-electron chi connectivity index (χ1n) is 12.8. The van der Waals surface area contributed by atoms with Crippen molar-refractivity contribution < 1.29 is 31.1 Å². The summed E-state index contributed by atoms with van der Waals surface area (Å²) in [5.41, 5.74) is -0.164. The molecule has 5 rings (SSSR count). The number of amides is 1. The zero-order chi connectivity index (χ0) is 27.1. The second-order valence-corrected chi connectivity index (χ2v) is 10.2. The summed E-state index contributed by atoms with van der Waals surface area (Å²) in [4.78, 5) is 28.3. The summed E-state index contributed by atoms with van der Waals surface area (Å²) in [5, 5.41) is 2.42. The van der Waals surface area contributed by atoms with E-state index in [9.17, 15) is 31.1 Å². The molecule has 2 saturated heterocycles. The molecule has 0 saturated carbocycles. The molecule has 1 atom stereocenters. The standard InChI is InChI=1S/C24H29F6N7O/c25-23(26,27)12-16-13-37(10-9-35-5-1-2-6-35)21(33-16)15-3-7-36(8-4-15)22-19-17(24(28,29)30)11-18(38)34-20(19)31-14-32-22/h13-15,17H,1-12H2,(H,31,32,34,38). The van der Waals surface area contributed by atoms with E-state index in [-0.39, 0.29) is 28.8 Å². The summed E-state index contributed by atoms with van der Waals surface area (Å²) in [6.45, 7) is 3.90. The van der Waals surface area contributed by atoms with Crippen LogP contribution in [0.1, 0.15) is 61.0 Å². The minimum absolute atomic E-state index is 0.0232. The SMILES string of the molecule is O=C1CC(C(F)(F)F)c2c(ncnc2N2CCC(c3nc(CC(F)(F)F)cn3CCN3CCCC3)CC2)N1. The van der Waals surface area contributed by atoms with Crippen molar-refractivity contribution in [1.29, 1.82) is 0 Å². The summed E-state index contributed by atoms with van der Waals surface area (Å²) in [6, 6.07) is 0. The number of imidazole rings is 1. The van der Waals surface area contributed by atoms with Gasteiger partial charge in [-0.1, -0.05) is 0 Å². The lowest BCUT2D eigenvalue weighted by atomic mass is 9.90. The number of rotatable bonds is 6. The average Bonchev–Trinajstić information content (AvgIpc) is 3.50. The van der Waals surface area contributed by atoms with Gasteiger partial charge in [-0.05, 0) is 38.8 Å². The van der Waals surface area contributed by atoms with Gasteiger partial charge in [0.1, 0.15) is 23.8 Å². The van der Waals surface area contributed by atoms with Gasteiger partial charge in [0.2, 0.25) is 5.91 Å². The molecule has 14 heteroatoms. The van der Waals surface area contributed by atoms with E-state index in [0.29, 0.717) is 38.3 Å². The fourth-order valence-electron chi connectivity index (χ4n) is 5.70. The molecule has 0 bridgehead atoms. The summed E-state index contributed by atoms with van der Waals surface area (Å²) < 4.78 is 82.6. The zero-order valence-corrected chi connectivity index (χ0v) is 20.7. The quantitative estimate of drug-likeness (QED) is 0.547. The van der Waals surface area contributed by atoms with Crippen LogP contribution in [0.2, 0.25) is 0 Å². The zero-order valence-electron chi connectivity index (χ0n) is 20.7. The number of likely N-dealkylation sites (tertiary alicyclic amines) is 1. The molecule has 5 heterocycles. The molecule has 2 fully saturated rings. The highest BCUT2D eigenvalue weighted by Gasteiger charge is 2.48. The van der Waals surface area contributed by atoms with Gasteiger partial charge in [0.05, 0.1) is 23.6 Å². The molecule has 0 radical (unpaired) electrons. The van der Waals surface area contributed by atoms with Gasteiger partial charge >= 0.3 is 12.4 Å². The molecular weight excluding hydrogens is 516 g/mol. The van der Waals surface area contributed by atoms with Crippen LogP contribution in [0.5, 0.6) is 0 Å². The minimum Gasteiger partial charge on any atom is -0.356 e. The molecule has 3 aliphatic heterocycles. The molecule has 1 N–H and O–H groups in total. The number of anilines is 2. The molecule has 0 aliphatic carbocycles. The van der Waals surface area contributed by atoms with Crippen molar-refractivity contribution in [3.05, 3.63) is 29.6 Å². The number of hydrogen-bond acceptors (Lipinski definition) is 6. The monoisotopic (exact) mass is 545 g/mol. The van der Waals surface area contributed by atoms with E-state index in [1.54, 1.807) is 4.90 Å². The third-order valence-electron chi connectivity index (χ3n) is 7.51. The van der Waals surface area contributed by atoms with Crippen molar-refractivity contribution in [1.82, 2.24) is 24.4 Å². The Kier molecular flexibility index (Phi) is 7.27. The van der Waals surface area contributed by atoms with Gasteiger partial charge in [0.15, 0.2) is 0 Å². The molecule has 8 nitrogen and oxygen atoms in total. The van der Waals surface area contributed by atoms with Crippen LogP contribution in [0, 0.1) is 0 Å². The Balaban J connectivity index is 1.34. The number of nitrogens with one attached hydrogen (secondary N) is 1. The number of aromatic nitrogens is 4. The highest BCUT2D eigenvalue weighted by molar-refractivity contribution is 5.94. The Morgan fingerprint density at radius 1 is 0.974 bits per heavy atom. The van der Waals surface area contributed by atoms with Gasteiger partial charge in [-0.25, -0.2) is 15.0 Å². The lowest BCUT2D eigenvalue weighted by Crippen LogP contribution is -2.38. The van der Waals surface area contributed by atoms with Crippen LogP contribution in [-0.4, -0.2) is 75.4 Å². The van der Waals surface area contributed by atoms with Crippen LogP contribution in [0.25, 0.3) is 0 Å². The van der Waals surface area contributed by atoms with Crippen LogP contribution in [0.15, 0.2) is 12.5 Å². The first-order valence-corrected chi connectivity index (χ1v) is 12.8. The predicted molar refractivity (Wildman–Crippen MR) is 126 cm³/mol. The average molecular weight is 546 g/mol. The van der Waals surface area contributed by atoms with Crippen molar-refractivity contribution in [2.45, 2.75) is 69.3 Å². The smallest absolute Gasteiger partial charge is 0.356 e. The number of piperidine rings is 1. The number of fused-ring (bicyclic) bond motifs is 1. The van der Waals surface area contributed by atoms with E-state index >= 15 is 0 Å². The van der Waals surface area contributed by atoms with E-state index < -0.39 is 37.0 Å². The fourth-order valence-corrected chi connectivity index (χ4v) is 5.70. The van der Waals surface area contributed by atoms with Crippen molar-refractivity contribution in [3.63, 3.8) is 0 Å². The fraction of sp³-hybridized carbons (Fsp3) is 0.667. The van der Waals surface area contributed by atoms with Crippen LogP contribution >= 0.6 is 0 Å². The second kappa shape index (κ2) is 10.3. The van der Waals surface area contributed by atoms with Crippen molar-refractivity contribution in [3.8, 4) is 0 Å². The Hall–Kier alpha value is -2.90. The number of alkyl halides is 6. The largest absolute Gasteiger partial charge is 0.396 e. The normalized spacial score (nSPS) is 21.6. The number of hydrogen-bond donors (Lipinski definition) is 1. The molecule has 1 amide bonds. The Bertz CT molecular complexity index is 1150. The van der Waals surface area contributed by atoms with Crippen LogP contribution in [0.4, 0.5) is 38.0 Å². The van der Waals surface area contributed by atoms with Crippen LogP contribution in [0.3, 0.4) is 0 Å². The van der Waals surface area contributed by atoms with E-state index in [0.717, 1.165) is 38.8 Å². The van der Waals surface area contributed by atoms with E-state index in [1.807, 2.05) is 4.57 Å². The highest BCUT2D eigenvalue weighted by atomic mass is 19.4. The van der Waals surface area contributed by atoms with Gasteiger partial charge in [-0.2, -0.15) is 26.3 Å². The van der Waals surface area contributed by atoms with E-state index in [1.165, 1.54) is 6.20 Å². The molecule has 0 aromatic carbocycles. The minimum atomic E-state index is -4.64. The van der Waals surface area contributed by atoms with Crippen LogP contribution < -0.4 is 10.2 Å². The Morgan fingerprint density at radius 2 is 1.68 bits per heavy atom. The summed E-state index contributed by atoms with van der Waals surface area (Å²) in [6.07, 6.45) is -5.01. The van der Waals surface area contributed by atoms with Crippen molar-refractivity contribution in [2.75, 3.05) is 42.9 Å². The summed E-state index contributed by atoms with van der Waals surface area (Å²) in [5.74, 6) is -2.31. The lowest BCUT2D eigenvalue weighted by molar-refractivity contribution is -0.156. The number of carbonyl (C=O) groups excluding carboxylic acids is 1. The number of nitrogens with zero attached hydrogens (tertiary/aromatic N) is 6. The third-order valence-corrected chi connectivity index (χ3v) is 7.51. The molecular formula is C24H29F6N7O. The molecule has 208 valence electrons. The Labute approximate surface area is 215 Å². The molecule has 3 aliphatic rings. The van der Waals surface area contributed by atoms with Crippen molar-refractivity contribution >= 4 is 17.5 Å². The Morgan fingerprint density at radius 3 is 2.34 bits per heavy atom. The van der Waals surface area contributed by atoms with E-state index in [2.05, 4.69) is 25.2 Å². The maximum atomic E-state index is 13.8. The summed E-state index contributed by atoms with van der Waals surface area (Å²) >= 11 is 0. The molecule has 2 aromatic rings. The van der Waals surface area contributed by atoms with Gasteiger partial charge in [-0.15, -0.1) is 0 Å².